The Balaban J connectivity index is 0.962. The summed E-state index contributed by atoms with van der Waals surface area (Å²) in [6.07, 6.45) is 18.5. The van der Waals surface area contributed by atoms with Crippen molar-refractivity contribution in [3.8, 4) is 11.8 Å². The van der Waals surface area contributed by atoms with E-state index in [2.05, 4.69) is 22.5 Å². The molecule has 0 aromatic rings. The Hall–Kier alpha value is -1.42. The van der Waals surface area contributed by atoms with Crippen molar-refractivity contribution in [3.05, 3.63) is 0 Å². The number of Topliss-reactive ketones (excluding diaryl/α,β-unsaturated/α-hetero) is 2. The molecule has 0 amide bonds. The van der Waals surface area contributed by atoms with E-state index in [1.54, 1.807) is 7.11 Å². The lowest BCUT2D eigenvalue weighted by Gasteiger charge is -2.45. The van der Waals surface area contributed by atoms with Gasteiger partial charge in [-0.25, -0.2) is 0 Å². The minimum atomic E-state index is -1.12. The molecule has 0 aromatic carbocycles. The lowest BCUT2D eigenvalue weighted by atomic mass is 9.61. The van der Waals surface area contributed by atoms with Crippen LogP contribution in [-0.2, 0) is 14.3 Å². The molecule has 0 bridgehead atoms. The summed E-state index contributed by atoms with van der Waals surface area (Å²) in [6.45, 7) is 2.10. The van der Waals surface area contributed by atoms with Gasteiger partial charge in [-0.15, -0.1) is 0 Å². The molecule has 338 valence electrons. The van der Waals surface area contributed by atoms with Crippen molar-refractivity contribution in [2.45, 2.75) is 197 Å². The van der Waals surface area contributed by atoms with Crippen molar-refractivity contribution < 1.29 is 45.4 Å². The normalized spacial score (nSPS) is 45.3. The number of piperidine rings is 2. The maximum Gasteiger partial charge on any atom is 0.153 e. The third-order valence-electron chi connectivity index (χ3n) is 18.8. The van der Waals surface area contributed by atoms with Gasteiger partial charge < -0.3 is 35.8 Å². The van der Waals surface area contributed by atoms with Gasteiger partial charge in [0, 0.05) is 44.1 Å². The smallest absolute Gasteiger partial charge is 0.153 e. The molecule has 0 aromatic heterocycles. The van der Waals surface area contributed by atoms with E-state index in [1.807, 2.05) is 0 Å². The van der Waals surface area contributed by atoms with E-state index in [9.17, 15) is 30.0 Å². The minimum absolute atomic E-state index is 0.0410. The Morgan fingerprint density at radius 3 is 2.38 bits per heavy atom. The maximum absolute atomic E-state index is 14.4. The average Bonchev–Trinajstić information content (AvgIpc) is 3.30. The van der Waals surface area contributed by atoms with Gasteiger partial charge in [0.1, 0.15) is 17.4 Å². The molecule has 10 nitrogen and oxygen atoms in total. The van der Waals surface area contributed by atoms with Crippen LogP contribution in [0.5, 0.6) is 0 Å². The summed E-state index contributed by atoms with van der Waals surface area (Å²) in [7, 11) is 1.64. The van der Waals surface area contributed by atoms with Crippen LogP contribution >= 0.6 is 0 Å². The van der Waals surface area contributed by atoms with E-state index in [4.69, 9.17) is 10.5 Å². The number of hydrogen-bond donors (Lipinski definition) is 7. The fraction of sp³-hybridized carbons (Fsp3) is 0.920. The molecule has 9 unspecified atom stereocenters. The summed E-state index contributed by atoms with van der Waals surface area (Å²) in [4.78, 5) is 26.4. The molecule has 2 heterocycles. The predicted octanol–water partition coefficient (Wildman–Crippen LogP) is 3.60. The highest BCUT2D eigenvalue weighted by molar-refractivity contribution is 5.89. The van der Waals surface area contributed by atoms with Crippen molar-refractivity contribution in [2.75, 3.05) is 20.2 Å². The number of rotatable bonds is 11. The average molecular weight is 838 g/mol. The zero-order valence-corrected chi connectivity index (χ0v) is 37.0. The van der Waals surface area contributed by atoms with Crippen LogP contribution in [0.4, 0.5) is 0 Å². The SMILES string of the molecule is COC1CC2CCC(=O)[C@@]3(C#C[C@H](C[C@H](O)[C@H](O)C[C@H](C4CC[NH2+]C(N)C4)C4CCC5CCCCC5C4)C2CC1O)CC[C@@H](CC[C@@H]1C[NH2+][C@@H]2CC(=O)CC[C@H]2C1)C[C@H]3O. The highest BCUT2D eigenvalue weighted by atomic mass is 16.5. The van der Waals surface area contributed by atoms with Crippen LogP contribution in [0.1, 0.15) is 154 Å². The van der Waals surface area contributed by atoms with E-state index >= 15 is 0 Å². The number of aliphatic hydroxyl groups excluding tert-OH is 4. The lowest BCUT2D eigenvalue weighted by molar-refractivity contribution is -0.711. The number of ketones is 2. The van der Waals surface area contributed by atoms with Gasteiger partial charge in [-0.2, -0.15) is 0 Å². The fourth-order valence-corrected chi connectivity index (χ4v) is 15.1. The second-order valence-corrected chi connectivity index (χ2v) is 22.2. The Kier molecular flexibility index (Phi) is 15.2. The van der Waals surface area contributed by atoms with Crippen LogP contribution < -0.4 is 16.4 Å². The van der Waals surface area contributed by atoms with Crippen molar-refractivity contribution in [2.24, 2.45) is 76.2 Å². The van der Waals surface area contributed by atoms with Crippen LogP contribution in [0, 0.1) is 82.4 Å². The van der Waals surface area contributed by atoms with Crippen LogP contribution in [-0.4, -0.2) is 94.9 Å². The van der Waals surface area contributed by atoms with E-state index in [0.717, 1.165) is 76.3 Å². The standard InChI is InChI=1S/C50H81N3O7/c1-60-46-24-35-11-13-47(58)50(17-14-30(21-48(50)59)6-7-31-20-38-10-12-39(54)26-42(38)53-29-31)18-15-36(41(35)28-45(46)57)23-43(55)44(56)27-40(37-16-19-52-49(51)25-37)34-9-8-32-4-2-3-5-33(32)22-34/h30-38,40-46,48-49,52-53,55-57,59H,2-14,16-17,19-29,51H2,1H3/p+2/t30-,31+,32?,33?,34?,35?,36-,37?,38+,40+,41?,42-,43+,44-,45?,46?,48-,49?,50+/m1/s1. The van der Waals surface area contributed by atoms with E-state index < -0.39 is 29.8 Å². The van der Waals surface area contributed by atoms with Gasteiger partial charge in [-0.1, -0.05) is 37.5 Å². The number of carbonyl (C=O) groups is 2. The zero-order chi connectivity index (χ0) is 42.0. The number of fused-ring (bicyclic) bond motifs is 3. The Morgan fingerprint density at radius 2 is 1.58 bits per heavy atom. The van der Waals surface area contributed by atoms with Gasteiger partial charge in [0.05, 0.1) is 56.1 Å². The molecule has 0 radical (unpaired) electrons. The third kappa shape index (κ3) is 10.3. The van der Waals surface area contributed by atoms with Gasteiger partial charge >= 0.3 is 0 Å². The van der Waals surface area contributed by atoms with E-state index in [0.29, 0.717) is 92.3 Å². The number of quaternary nitrogens is 2. The van der Waals surface area contributed by atoms with Crippen molar-refractivity contribution >= 4 is 11.6 Å². The van der Waals surface area contributed by atoms with Gasteiger partial charge in [0.2, 0.25) is 0 Å². The molecular formula is C50H83N3O7+2. The first-order valence-corrected chi connectivity index (χ1v) is 25.2. The number of hydrogen-bond acceptors (Lipinski definition) is 8. The molecule has 10 N–H and O–H groups in total. The van der Waals surface area contributed by atoms with Gasteiger partial charge in [0.25, 0.3) is 0 Å². The first kappa shape index (κ1) is 45.2. The number of nitrogens with two attached hydrogens (primary N) is 3. The summed E-state index contributed by atoms with van der Waals surface area (Å²) in [5.41, 5.74) is 5.42. The minimum Gasteiger partial charge on any atom is -0.391 e. The molecule has 5 saturated carbocycles. The zero-order valence-electron chi connectivity index (χ0n) is 37.0. The summed E-state index contributed by atoms with van der Waals surface area (Å²) in [5.74, 6) is 11.8. The number of carbonyl (C=O) groups excluding carboxylic acids is 2. The van der Waals surface area contributed by atoms with E-state index in [-0.39, 0.29) is 42.2 Å². The van der Waals surface area contributed by atoms with Crippen LogP contribution in [0.25, 0.3) is 0 Å². The van der Waals surface area contributed by atoms with Crippen LogP contribution in [0.3, 0.4) is 0 Å². The van der Waals surface area contributed by atoms with Crippen molar-refractivity contribution in [1.29, 1.82) is 0 Å². The first-order chi connectivity index (χ1) is 29.0. The molecule has 2 aliphatic heterocycles. The van der Waals surface area contributed by atoms with Gasteiger partial charge in [-0.3, -0.25) is 15.3 Å². The fourth-order valence-electron chi connectivity index (χ4n) is 15.1. The summed E-state index contributed by atoms with van der Waals surface area (Å²) < 4.78 is 5.75. The third-order valence-corrected chi connectivity index (χ3v) is 18.8. The highest BCUT2D eigenvalue weighted by Gasteiger charge is 2.50. The molecule has 6 aliphatic carbocycles. The molecule has 7 fully saturated rings. The Morgan fingerprint density at radius 1 is 0.800 bits per heavy atom. The molecule has 10 heteroatoms. The summed E-state index contributed by atoms with van der Waals surface area (Å²) in [5, 5.41) is 52.0. The molecule has 8 rings (SSSR count). The highest BCUT2D eigenvalue weighted by Crippen LogP contribution is 2.50. The van der Waals surface area contributed by atoms with Gasteiger partial charge in [-0.05, 0) is 150 Å². The second kappa shape index (κ2) is 20.2. The topological polar surface area (TPSA) is 184 Å². The molecular weight excluding hydrogens is 755 g/mol. The van der Waals surface area contributed by atoms with Crippen LogP contribution in [0.15, 0.2) is 0 Å². The largest absolute Gasteiger partial charge is 0.391 e. The van der Waals surface area contributed by atoms with E-state index in [1.165, 1.54) is 51.4 Å². The van der Waals surface area contributed by atoms with Crippen molar-refractivity contribution in [1.82, 2.24) is 0 Å². The van der Waals surface area contributed by atoms with Crippen molar-refractivity contribution in [3.63, 3.8) is 0 Å². The first-order valence-electron chi connectivity index (χ1n) is 25.2. The number of aliphatic hydroxyl groups is 4. The summed E-state index contributed by atoms with van der Waals surface area (Å²) in [6, 6.07) is 0.468. The quantitative estimate of drug-likeness (QED) is 0.154. The lowest BCUT2D eigenvalue weighted by Crippen LogP contribution is -2.95. The Bertz CT molecular complexity index is 1520. The Labute approximate surface area is 361 Å². The van der Waals surface area contributed by atoms with Gasteiger partial charge in [0.15, 0.2) is 5.78 Å². The molecule has 1 spiro atoms. The monoisotopic (exact) mass is 838 g/mol. The van der Waals surface area contributed by atoms with Crippen LogP contribution in [0.2, 0.25) is 0 Å². The number of methoxy groups -OCH3 is 1. The predicted molar refractivity (Wildman–Crippen MR) is 230 cm³/mol. The molecule has 2 saturated heterocycles. The molecule has 60 heavy (non-hydrogen) atoms. The maximum atomic E-state index is 14.4. The number of ether oxygens (including phenoxy) is 1. The molecule has 19 atom stereocenters. The molecule has 8 aliphatic rings. The second-order valence-electron chi connectivity index (χ2n) is 22.2. The summed E-state index contributed by atoms with van der Waals surface area (Å²) >= 11 is 0.